The molecular weight excluding hydrogens is 817 g/mol. The Morgan fingerprint density at radius 1 is 0.303 bits per heavy atom. The van der Waals surface area contributed by atoms with Crippen LogP contribution in [-0.2, 0) is 28.6 Å². The molecular formula is C60H110O6. The Labute approximate surface area is 410 Å². The third-order valence-electron chi connectivity index (χ3n) is 12.9. The van der Waals surface area contributed by atoms with Gasteiger partial charge in [-0.25, -0.2) is 0 Å². The van der Waals surface area contributed by atoms with E-state index in [9.17, 15) is 14.4 Å². The monoisotopic (exact) mass is 927 g/mol. The summed E-state index contributed by atoms with van der Waals surface area (Å²) in [6.07, 6.45) is 66.2. The van der Waals surface area contributed by atoms with Crippen LogP contribution in [0.1, 0.15) is 310 Å². The Bertz CT molecular complexity index is 1110. The molecule has 0 heterocycles. The molecule has 1 atom stereocenters. The van der Waals surface area contributed by atoms with E-state index in [0.29, 0.717) is 19.3 Å². The van der Waals surface area contributed by atoms with Crippen LogP contribution in [0.2, 0.25) is 0 Å². The third-order valence-corrected chi connectivity index (χ3v) is 12.9. The highest BCUT2D eigenvalue weighted by Crippen LogP contribution is 2.16. The summed E-state index contributed by atoms with van der Waals surface area (Å²) in [5.74, 6) is -0.891. The maximum atomic E-state index is 12.7. The van der Waals surface area contributed by atoms with Crippen molar-refractivity contribution in [2.75, 3.05) is 13.2 Å². The van der Waals surface area contributed by atoms with Crippen molar-refractivity contribution >= 4 is 17.9 Å². The zero-order valence-electron chi connectivity index (χ0n) is 44.2. The molecule has 66 heavy (non-hydrogen) atoms. The minimum absolute atomic E-state index is 0.0755. The molecule has 6 nitrogen and oxygen atoms in total. The molecule has 0 N–H and O–H groups in total. The van der Waals surface area contributed by atoms with Gasteiger partial charge in [0.1, 0.15) is 13.2 Å². The van der Waals surface area contributed by atoms with Crippen LogP contribution in [-0.4, -0.2) is 37.2 Å². The van der Waals surface area contributed by atoms with Crippen LogP contribution in [0.3, 0.4) is 0 Å². The van der Waals surface area contributed by atoms with Crippen LogP contribution < -0.4 is 0 Å². The summed E-state index contributed by atoms with van der Waals surface area (Å²) in [4.78, 5) is 37.7. The molecule has 6 heteroatoms. The lowest BCUT2D eigenvalue weighted by Gasteiger charge is -2.18. The van der Waals surface area contributed by atoms with Gasteiger partial charge in [0.05, 0.1) is 0 Å². The SMILES string of the molecule is CCCCCC/C=C\C/C=C\CCCCCCCC(=O)OC(COC(=O)CCCCCCC)COC(=O)CCCCCCCCCCCCCCCCC/C=C\CCCCCCCCCC. The molecule has 1 unspecified atom stereocenters. The van der Waals surface area contributed by atoms with E-state index in [2.05, 4.69) is 57.2 Å². The maximum absolute atomic E-state index is 12.7. The van der Waals surface area contributed by atoms with Crippen LogP contribution in [0.5, 0.6) is 0 Å². The first-order chi connectivity index (χ1) is 32.5. The molecule has 0 spiro atoms. The van der Waals surface area contributed by atoms with E-state index in [1.165, 1.54) is 180 Å². The average molecular weight is 928 g/mol. The Balaban J connectivity index is 4.01. The largest absolute Gasteiger partial charge is 0.462 e. The number of hydrogen-bond donors (Lipinski definition) is 0. The number of hydrogen-bond acceptors (Lipinski definition) is 6. The second kappa shape index (κ2) is 55.2. The first-order valence-corrected chi connectivity index (χ1v) is 29.0. The predicted octanol–water partition coefficient (Wildman–Crippen LogP) is 19.3. The number of esters is 3. The molecule has 0 saturated carbocycles. The number of carbonyl (C=O) groups is 3. The van der Waals surface area contributed by atoms with Gasteiger partial charge in [-0.15, -0.1) is 0 Å². The minimum Gasteiger partial charge on any atom is -0.462 e. The van der Waals surface area contributed by atoms with E-state index < -0.39 is 6.10 Å². The number of ether oxygens (including phenoxy) is 3. The van der Waals surface area contributed by atoms with Gasteiger partial charge in [0.25, 0.3) is 0 Å². The molecule has 0 aromatic carbocycles. The summed E-state index contributed by atoms with van der Waals surface area (Å²) in [6, 6.07) is 0. The van der Waals surface area contributed by atoms with Crippen molar-refractivity contribution in [1.82, 2.24) is 0 Å². The van der Waals surface area contributed by atoms with Gasteiger partial charge < -0.3 is 14.2 Å². The van der Waals surface area contributed by atoms with E-state index in [4.69, 9.17) is 14.2 Å². The van der Waals surface area contributed by atoms with E-state index in [0.717, 1.165) is 89.9 Å². The molecule has 0 radical (unpaired) electrons. The first-order valence-electron chi connectivity index (χ1n) is 29.0. The quantitative estimate of drug-likeness (QED) is 0.0262. The van der Waals surface area contributed by atoms with Gasteiger partial charge in [0.2, 0.25) is 0 Å². The highest BCUT2D eigenvalue weighted by Gasteiger charge is 2.19. The molecule has 0 aromatic rings. The summed E-state index contributed by atoms with van der Waals surface area (Å²) in [5, 5.41) is 0. The fraction of sp³-hybridized carbons (Fsp3) is 0.850. The molecule has 0 amide bonds. The van der Waals surface area contributed by atoms with Gasteiger partial charge in [0, 0.05) is 19.3 Å². The molecule has 0 aliphatic rings. The maximum Gasteiger partial charge on any atom is 0.306 e. The van der Waals surface area contributed by atoms with Gasteiger partial charge in [-0.3, -0.25) is 14.4 Å². The summed E-state index contributed by atoms with van der Waals surface area (Å²) in [5.41, 5.74) is 0. The molecule has 0 rings (SSSR count). The lowest BCUT2D eigenvalue weighted by atomic mass is 10.0. The fourth-order valence-electron chi connectivity index (χ4n) is 8.47. The summed E-state index contributed by atoms with van der Waals surface area (Å²) in [7, 11) is 0. The average Bonchev–Trinajstić information content (AvgIpc) is 3.31. The molecule has 0 saturated heterocycles. The molecule has 386 valence electrons. The standard InChI is InChI=1S/C60H110O6/c1-4-7-10-13-15-17-19-21-23-25-26-27-28-29-30-31-32-33-34-35-37-38-40-42-44-47-50-53-59(62)65-56-57(55-64-58(61)52-49-46-12-9-6-3)66-60(63)54-51-48-45-43-41-39-36-24-22-20-18-16-14-11-8-5-2/h18,20,24-26,36,57H,4-17,19,21-23,27-35,37-56H2,1-3H3/b20-18-,26-25-,36-24-. The van der Waals surface area contributed by atoms with E-state index in [1.54, 1.807) is 0 Å². The summed E-state index contributed by atoms with van der Waals surface area (Å²) >= 11 is 0. The number of carbonyl (C=O) groups excluding carboxylic acids is 3. The second-order valence-electron chi connectivity index (χ2n) is 19.6. The normalized spacial score (nSPS) is 12.2. The van der Waals surface area contributed by atoms with Gasteiger partial charge in [-0.05, 0) is 77.0 Å². The van der Waals surface area contributed by atoms with E-state index >= 15 is 0 Å². The topological polar surface area (TPSA) is 78.9 Å². The lowest BCUT2D eigenvalue weighted by molar-refractivity contribution is -0.167. The summed E-state index contributed by atoms with van der Waals surface area (Å²) < 4.78 is 16.7. The Kier molecular flexibility index (Phi) is 53.2. The molecule has 0 aliphatic heterocycles. The number of allylic oxidation sites excluding steroid dienone is 6. The number of rotatable bonds is 53. The molecule has 0 aromatic heterocycles. The van der Waals surface area contributed by atoms with Crippen molar-refractivity contribution < 1.29 is 28.6 Å². The predicted molar refractivity (Wildman–Crippen MR) is 284 cm³/mol. The lowest BCUT2D eigenvalue weighted by Crippen LogP contribution is -2.30. The number of unbranched alkanes of at least 4 members (excludes halogenated alkanes) is 36. The van der Waals surface area contributed by atoms with Crippen LogP contribution >= 0.6 is 0 Å². The van der Waals surface area contributed by atoms with Crippen molar-refractivity contribution in [3.05, 3.63) is 36.5 Å². The molecule has 0 bridgehead atoms. The van der Waals surface area contributed by atoms with Crippen molar-refractivity contribution in [1.29, 1.82) is 0 Å². The summed E-state index contributed by atoms with van der Waals surface area (Å²) in [6.45, 7) is 6.56. The van der Waals surface area contributed by atoms with Crippen molar-refractivity contribution in [3.63, 3.8) is 0 Å². The van der Waals surface area contributed by atoms with Crippen molar-refractivity contribution in [2.24, 2.45) is 0 Å². The van der Waals surface area contributed by atoms with Crippen LogP contribution in [0.4, 0.5) is 0 Å². The first kappa shape index (κ1) is 63.6. The minimum atomic E-state index is -0.773. The van der Waals surface area contributed by atoms with E-state index in [1.807, 2.05) is 0 Å². The van der Waals surface area contributed by atoms with E-state index in [-0.39, 0.29) is 31.1 Å². The Morgan fingerprint density at radius 2 is 0.545 bits per heavy atom. The second-order valence-corrected chi connectivity index (χ2v) is 19.6. The third kappa shape index (κ3) is 52.6. The van der Waals surface area contributed by atoms with Gasteiger partial charge >= 0.3 is 17.9 Å². The van der Waals surface area contributed by atoms with Crippen LogP contribution in [0.25, 0.3) is 0 Å². The Morgan fingerprint density at radius 3 is 0.864 bits per heavy atom. The Hall–Kier alpha value is -2.37. The van der Waals surface area contributed by atoms with Gasteiger partial charge in [-0.2, -0.15) is 0 Å². The zero-order valence-corrected chi connectivity index (χ0v) is 44.2. The van der Waals surface area contributed by atoms with Gasteiger partial charge in [-0.1, -0.05) is 250 Å². The fourth-order valence-corrected chi connectivity index (χ4v) is 8.47. The van der Waals surface area contributed by atoms with Crippen molar-refractivity contribution in [2.45, 2.75) is 316 Å². The zero-order chi connectivity index (χ0) is 47.9. The molecule has 0 fully saturated rings. The smallest absolute Gasteiger partial charge is 0.306 e. The highest BCUT2D eigenvalue weighted by atomic mass is 16.6. The van der Waals surface area contributed by atoms with Crippen LogP contribution in [0, 0.1) is 0 Å². The van der Waals surface area contributed by atoms with Crippen molar-refractivity contribution in [3.8, 4) is 0 Å². The van der Waals surface area contributed by atoms with Crippen LogP contribution in [0.15, 0.2) is 36.5 Å². The molecule has 0 aliphatic carbocycles. The highest BCUT2D eigenvalue weighted by molar-refractivity contribution is 5.71. The van der Waals surface area contributed by atoms with Gasteiger partial charge in [0.15, 0.2) is 6.10 Å².